The SMILES string of the molecule is O=C(NCc1ccc(Cl)cc1)N[C@@H](CCO)C(=O)O. The van der Waals surface area contributed by atoms with Crippen molar-refractivity contribution in [3.05, 3.63) is 34.9 Å². The van der Waals surface area contributed by atoms with E-state index in [-0.39, 0.29) is 19.6 Å². The molecule has 0 heterocycles. The normalized spacial score (nSPS) is 11.7. The molecule has 0 saturated heterocycles. The second-order valence-corrected chi connectivity index (χ2v) is 4.29. The number of carbonyl (C=O) groups excluding carboxylic acids is 1. The Kier molecular flexibility index (Phi) is 6.11. The van der Waals surface area contributed by atoms with Crippen LogP contribution in [-0.2, 0) is 11.3 Å². The van der Waals surface area contributed by atoms with Crippen LogP contribution in [0.3, 0.4) is 0 Å². The van der Waals surface area contributed by atoms with Crippen molar-refractivity contribution in [3.8, 4) is 0 Å². The minimum absolute atomic E-state index is 0.0380. The molecule has 1 atom stereocenters. The highest BCUT2D eigenvalue weighted by Gasteiger charge is 2.18. The molecule has 1 aromatic rings. The fourth-order valence-electron chi connectivity index (χ4n) is 1.38. The molecular weight excluding hydrogens is 272 g/mol. The standard InChI is InChI=1S/C12H15ClN2O4/c13-9-3-1-8(2-4-9)7-14-12(19)15-10(5-6-16)11(17)18/h1-4,10,16H,5-7H2,(H,17,18)(H2,14,15,19)/t10-/m0/s1. The minimum atomic E-state index is -1.18. The molecule has 7 heteroatoms. The third-order valence-electron chi connectivity index (χ3n) is 2.39. The monoisotopic (exact) mass is 286 g/mol. The number of carbonyl (C=O) groups is 2. The van der Waals surface area contributed by atoms with Crippen molar-refractivity contribution in [1.82, 2.24) is 10.6 Å². The number of aliphatic hydroxyl groups is 1. The van der Waals surface area contributed by atoms with Crippen molar-refractivity contribution in [2.45, 2.75) is 19.0 Å². The third-order valence-corrected chi connectivity index (χ3v) is 2.64. The van der Waals surface area contributed by atoms with Crippen LogP contribution in [0.2, 0.25) is 5.02 Å². The van der Waals surface area contributed by atoms with Gasteiger partial charge in [0.25, 0.3) is 0 Å². The predicted octanol–water partition coefficient (Wildman–Crippen LogP) is 0.975. The molecule has 1 rings (SSSR count). The van der Waals surface area contributed by atoms with Crippen molar-refractivity contribution in [2.75, 3.05) is 6.61 Å². The molecule has 0 saturated carbocycles. The molecular formula is C12H15ClN2O4. The summed E-state index contributed by atoms with van der Waals surface area (Å²) in [5.41, 5.74) is 0.841. The molecule has 4 N–H and O–H groups in total. The molecule has 0 radical (unpaired) electrons. The molecule has 0 aliphatic rings. The van der Waals surface area contributed by atoms with Gasteiger partial charge in [0, 0.05) is 24.6 Å². The average Bonchev–Trinajstić information content (AvgIpc) is 2.37. The zero-order valence-electron chi connectivity index (χ0n) is 10.1. The molecule has 0 unspecified atom stereocenters. The summed E-state index contributed by atoms with van der Waals surface area (Å²) in [6, 6.07) is 5.20. The smallest absolute Gasteiger partial charge is 0.326 e. The van der Waals surface area contributed by atoms with E-state index in [1.165, 1.54) is 0 Å². The van der Waals surface area contributed by atoms with Crippen LogP contribution in [-0.4, -0.2) is 34.9 Å². The van der Waals surface area contributed by atoms with Gasteiger partial charge in [0.2, 0.25) is 0 Å². The highest BCUT2D eigenvalue weighted by atomic mass is 35.5. The largest absolute Gasteiger partial charge is 0.480 e. The lowest BCUT2D eigenvalue weighted by molar-refractivity contribution is -0.139. The number of hydrogen-bond acceptors (Lipinski definition) is 3. The van der Waals surface area contributed by atoms with Gasteiger partial charge in [0.15, 0.2) is 0 Å². The number of aliphatic hydroxyl groups excluding tert-OH is 1. The Balaban J connectivity index is 2.42. The van der Waals surface area contributed by atoms with E-state index in [0.29, 0.717) is 5.02 Å². The van der Waals surface area contributed by atoms with Crippen LogP contribution in [0, 0.1) is 0 Å². The summed E-state index contributed by atoms with van der Waals surface area (Å²) in [6.45, 7) is -0.0527. The van der Waals surface area contributed by atoms with E-state index in [9.17, 15) is 9.59 Å². The summed E-state index contributed by atoms with van der Waals surface area (Å²) < 4.78 is 0. The minimum Gasteiger partial charge on any atom is -0.480 e. The molecule has 0 bridgehead atoms. The fourth-order valence-corrected chi connectivity index (χ4v) is 1.51. The molecule has 0 aromatic heterocycles. The third kappa shape index (κ3) is 5.58. The van der Waals surface area contributed by atoms with Gasteiger partial charge in [-0.3, -0.25) is 0 Å². The zero-order chi connectivity index (χ0) is 14.3. The lowest BCUT2D eigenvalue weighted by Crippen LogP contribution is -2.46. The second-order valence-electron chi connectivity index (χ2n) is 3.86. The van der Waals surface area contributed by atoms with Crippen molar-refractivity contribution < 1.29 is 19.8 Å². The van der Waals surface area contributed by atoms with Crippen LogP contribution < -0.4 is 10.6 Å². The molecule has 0 fully saturated rings. The number of carboxylic acid groups (broad SMARTS) is 1. The first-order valence-corrected chi connectivity index (χ1v) is 6.03. The maximum absolute atomic E-state index is 11.5. The van der Waals surface area contributed by atoms with Gasteiger partial charge < -0.3 is 20.8 Å². The van der Waals surface area contributed by atoms with E-state index < -0.39 is 18.0 Å². The Hall–Kier alpha value is -1.79. The van der Waals surface area contributed by atoms with Crippen LogP contribution >= 0.6 is 11.6 Å². The summed E-state index contributed by atoms with van der Waals surface area (Å²) in [6.07, 6.45) is -0.0380. The number of carboxylic acids is 1. The quantitative estimate of drug-likeness (QED) is 0.626. The number of benzene rings is 1. The first kappa shape index (κ1) is 15.3. The summed E-state index contributed by atoms with van der Waals surface area (Å²) in [5.74, 6) is -1.18. The maximum atomic E-state index is 11.5. The molecule has 1 aromatic carbocycles. The highest BCUT2D eigenvalue weighted by molar-refractivity contribution is 6.30. The molecule has 6 nitrogen and oxygen atoms in total. The average molecular weight is 287 g/mol. The molecule has 19 heavy (non-hydrogen) atoms. The number of nitrogens with one attached hydrogen (secondary N) is 2. The van der Waals surface area contributed by atoms with Crippen molar-refractivity contribution in [3.63, 3.8) is 0 Å². The van der Waals surface area contributed by atoms with Crippen molar-refractivity contribution in [1.29, 1.82) is 0 Å². The topological polar surface area (TPSA) is 98.7 Å². The molecule has 2 amide bonds. The van der Waals surface area contributed by atoms with Gasteiger partial charge in [-0.2, -0.15) is 0 Å². The van der Waals surface area contributed by atoms with Gasteiger partial charge in [0.05, 0.1) is 0 Å². The number of aliphatic carboxylic acids is 1. The maximum Gasteiger partial charge on any atom is 0.326 e. The van der Waals surface area contributed by atoms with Gasteiger partial charge in [-0.25, -0.2) is 9.59 Å². The summed E-state index contributed by atoms with van der Waals surface area (Å²) >= 11 is 5.72. The molecule has 0 aliphatic heterocycles. The number of urea groups is 1. The van der Waals surface area contributed by atoms with Gasteiger partial charge in [-0.15, -0.1) is 0 Å². The van der Waals surface area contributed by atoms with Gasteiger partial charge in [0.1, 0.15) is 6.04 Å². The summed E-state index contributed by atoms with van der Waals surface area (Å²) in [4.78, 5) is 22.2. The zero-order valence-corrected chi connectivity index (χ0v) is 10.9. The Bertz CT molecular complexity index is 436. The number of hydrogen-bond donors (Lipinski definition) is 4. The summed E-state index contributed by atoms with van der Waals surface area (Å²) in [5, 5.41) is 22.9. The first-order valence-electron chi connectivity index (χ1n) is 5.65. The van der Waals surface area contributed by atoms with E-state index in [4.69, 9.17) is 21.8 Å². The fraction of sp³-hybridized carbons (Fsp3) is 0.333. The predicted molar refractivity (Wildman–Crippen MR) is 70.0 cm³/mol. The lowest BCUT2D eigenvalue weighted by Gasteiger charge is -2.14. The highest BCUT2D eigenvalue weighted by Crippen LogP contribution is 2.08. The number of halogens is 1. The Labute approximate surface area is 115 Å². The Morgan fingerprint density at radius 3 is 2.42 bits per heavy atom. The van der Waals surface area contributed by atoms with Crippen molar-refractivity contribution in [2.24, 2.45) is 0 Å². The van der Waals surface area contributed by atoms with Gasteiger partial charge >= 0.3 is 12.0 Å². The van der Waals surface area contributed by atoms with E-state index in [2.05, 4.69) is 10.6 Å². The Morgan fingerprint density at radius 1 is 1.26 bits per heavy atom. The van der Waals surface area contributed by atoms with E-state index >= 15 is 0 Å². The molecule has 0 spiro atoms. The van der Waals surface area contributed by atoms with Crippen molar-refractivity contribution >= 4 is 23.6 Å². The van der Waals surface area contributed by atoms with E-state index in [1.807, 2.05) is 0 Å². The second kappa shape index (κ2) is 7.60. The van der Waals surface area contributed by atoms with Crippen LogP contribution in [0.25, 0.3) is 0 Å². The number of amides is 2. The van der Waals surface area contributed by atoms with Gasteiger partial charge in [-0.1, -0.05) is 23.7 Å². The van der Waals surface area contributed by atoms with Crippen LogP contribution in [0.15, 0.2) is 24.3 Å². The lowest BCUT2D eigenvalue weighted by atomic mass is 10.2. The van der Waals surface area contributed by atoms with Crippen LogP contribution in [0.1, 0.15) is 12.0 Å². The van der Waals surface area contributed by atoms with Crippen LogP contribution in [0.5, 0.6) is 0 Å². The van der Waals surface area contributed by atoms with E-state index in [1.54, 1.807) is 24.3 Å². The molecule has 0 aliphatic carbocycles. The molecule has 104 valence electrons. The van der Waals surface area contributed by atoms with Gasteiger partial charge in [-0.05, 0) is 17.7 Å². The number of rotatable bonds is 6. The Morgan fingerprint density at radius 2 is 1.89 bits per heavy atom. The first-order chi connectivity index (χ1) is 9.02. The summed E-state index contributed by atoms with van der Waals surface area (Å²) in [7, 11) is 0. The van der Waals surface area contributed by atoms with Crippen LogP contribution in [0.4, 0.5) is 4.79 Å². The van der Waals surface area contributed by atoms with E-state index in [0.717, 1.165) is 5.56 Å².